The summed E-state index contributed by atoms with van der Waals surface area (Å²) < 4.78 is 45.3. The van der Waals surface area contributed by atoms with Crippen LogP contribution in [0.3, 0.4) is 0 Å². The van der Waals surface area contributed by atoms with Crippen LogP contribution < -0.4 is 15.2 Å². The fourth-order valence-electron chi connectivity index (χ4n) is 1.82. The largest absolute Gasteiger partial charge is 0.497 e. The minimum Gasteiger partial charge on any atom is -0.497 e. The molecule has 0 radical (unpaired) electrons. The zero-order valence-electron chi connectivity index (χ0n) is 11.6. The molecule has 0 aromatic heterocycles. The van der Waals surface area contributed by atoms with Gasteiger partial charge < -0.3 is 10.5 Å². The summed E-state index contributed by atoms with van der Waals surface area (Å²) in [6.45, 7) is 1.73. The van der Waals surface area contributed by atoms with Crippen LogP contribution in [0.15, 0.2) is 41.3 Å². The first-order valence-corrected chi connectivity index (χ1v) is 7.54. The van der Waals surface area contributed by atoms with E-state index in [0.29, 0.717) is 17.0 Å². The van der Waals surface area contributed by atoms with E-state index >= 15 is 0 Å². The van der Waals surface area contributed by atoms with Crippen LogP contribution in [-0.2, 0) is 10.0 Å². The van der Waals surface area contributed by atoms with E-state index in [9.17, 15) is 12.8 Å². The fourth-order valence-corrected chi connectivity index (χ4v) is 3.09. The van der Waals surface area contributed by atoms with Crippen LogP contribution in [-0.4, -0.2) is 15.5 Å². The lowest BCUT2D eigenvalue weighted by atomic mass is 10.2. The Morgan fingerprint density at radius 2 is 1.90 bits per heavy atom. The van der Waals surface area contributed by atoms with Gasteiger partial charge in [0.05, 0.1) is 18.5 Å². The number of methoxy groups -OCH3 is 1. The molecule has 2 aromatic rings. The van der Waals surface area contributed by atoms with Gasteiger partial charge in [0.2, 0.25) is 0 Å². The number of hydrogen-bond acceptors (Lipinski definition) is 4. The van der Waals surface area contributed by atoms with Crippen LogP contribution in [0.5, 0.6) is 5.75 Å². The van der Waals surface area contributed by atoms with Gasteiger partial charge in [0.1, 0.15) is 16.5 Å². The quantitative estimate of drug-likeness (QED) is 0.850. The highest BCUT2D eigenvalue weighted by Gasteiger charge is 2.19. The Labute approximate surface area is 122 Å². The predicted octanol–water partition coefficient (Wildman–Crippen LogP) is 2.53. The van der Waals surface area contributed by atoms with E-state index in [0.717, 1.165) is 12.1 Å². The van der Waals surface area contributed by atoms with Gasteiger partial charge in [-0.05, 0) is 48.9 Å². The first-order chi connectivity index (χ1) is 9.83. The number of anilines is 2. The Hall–Kier alpha value is -2.28. The van der Waals surface area contributed by atoms with Crippen molar-refractivity contribution in [1.29, 1.82) is 0 Å². The molecule has 0 amide bonds. The standard InChI is InChI=1S/C14H15FN2O3S/c1-9-7-11(20-2)4-6-13(9)17-21(18,19)14-8-10(15)3-5-12(14)16/h3-8,17H,16H2,1-2H3. The molecule has 0 unspecified atom stereocenters. The lowest BCUT2D eigenvalue weighted by molar-refractivity contribution is 0.414. The van der Waals surface area contributed by atoms with E-state index in [1.807, 2.05) is 0 Å². The number of nitrogens with one attached hydrogen (secondary N) is 1. The van der Waals surface area contributed by atoms with Crippen molar-refractivity contribution in [2.45, 2.75) is 11.8 Å². The summed E-state index contributed by atoms with van der Waals surface area (Å²) in [5, 5.41) is 0. The van der Waals surface area contributed by atoms with Crippen LogP contribution in [0.1, 0.15) is 5.56 Å². The molecule has 0 aliphatic carbocycles. The smallest absolute Gasteiger partial charge is 0.264 e. The summed E-state index contributed by atoms with van der Waals surface area (Å²) in [7, 11) is -2.44. The van der Waals surface area contributed by atoms with Crippen LogP contribution in [0.25, 0.3) is 0 Å². The van der Waals surface area contributed by atoms with Gasteiger partial charge in [-0.1, -0.05) is 0 Å². The Kier molecular flexibility index (Phi) is 4.04. The first-order valence-electron chi connectivity index (χ1n) is 6.06. The summed E-state index contributed by atoms with van der Waals surface area (Å²) >= 11 is 0. The second-order valence-corrected chi connectivity index (χ2v) is 6.12. The summed E-state index contributed by atoms with van der Waals surface area (Å²) in [5.41, 5.74) is 6.64. The molecule has 21 heavy (non-hydrogen) atoms. The highest BCUT2D eigenvalue weighted by atomic mass is 32.2. The third-order valence-corrected chi connectivity index (χ3v) is 4.36. The molecule has 2 rings (SSSR count). The number of hydrogen-bond donors (Lipinski definition) is 2. The molecule has 3 N–H and O–H groups in total. The second kappa shape index (κ2) is 5.61. The number of sulfonamides is 1. The Morgan fingerprint density at radius 1 is 1.19 bits per heavy atom. The predicted molar refractivity (Wildman–Crippen MR) is 79.4 cm³/mol. The zero-order valence-corrected chi connectivity index (χ0v) is 12.4. The molecule has 5 nitrogen and oxygen atoms in total. The molecule has 0 atom stereocenters. The molecular formula is C14H15FN2O3S. The zero-order chi connectivity index (χ0) is 15.6. The van der Waals surface area contributed by atoms with Crippen molar-refractivity contribution in [3.05, 3.63) is 47.8 Å². The molecule has 0 aliphatic rings. The molecular weight excluding hydrogens is 295 g/mol. The maximum atomic E-state index is 13.2. The normalized spacial score (nSPS) is 11.2. The van der Waals surface area contributed by atoms with Gasteiger partial charge in [0.15, 0.2) is 0 Å². The van der Waals surface area contributed by atoms with Crippen molar-refractivity contribution in [2.24, 2.45) is 0 Å². The number of halogens is 1. The number of aryl methyl sites for hydroxylation is 1. The van der Waals surface area contributed by atoms with Gasteiger partial charge >= 0.3 is 0 Å². The van der Waals surface area contributed by atoms with Crippen molar-refractivity contribution in [1.82, 2.24) is 0 Å². The average Bonchev–Trinajstić information content (AvgIpc) is 2.43. The Morgan fingerprint density at radius 3 is 2.52 bits per heavy atom. The van der Waals surface area contributed by atoms with E-state index in [4.69, 9.17) is 10.5 Å². The average molecular weight is 310 g/mol. The molecule has 0 heterocycles. The SMILES string of the molecule is COc1ccc(NS(=O)(=O)c2cc(F)ccc2N)c(C)c1. The minimum absolute atomic E-state index is 0.0185. The van der Waals surface area contributed by atoms with E-state index < -0.39 is 15.8 Å². The highest BCUT2D eigenvalue weighted by Crippen LogP contribution is 2.26. The maximum Gasteiger partial charge on any atom is 0.264 e. The van der Waals surface area contributed by atoms with Gasteiger partial charge in [-0.25, -0.2) is 12.8 Å². The molecule has 0 saturated heterocycles. The van der Waals surface area contributed by atoms with E-state index in [-0.39, 0.29) is 10.6 Å². The summed E-state index contributed by atoms with van der Waals surface area (Å²) in [4.78, 5) is -0.294. The van der Waals surface area contributed by atoms with Crippen LogP contribution in [0, 0.1) is 12.7 Å². The Bertz CT molecular complexity index is 776. The molecule has 7 heteroatoms. The summed E-state index contributed by atoms with van der Waals surface area (Å²) in [5.74, 6) is -0.0586. The second-order valence-electron chi connectivity index (χ2n) is 4.47. The van der Waals surface area contributed by atoms with Crippen molar-refractivity contribution < 1.29 is 17.5 Å². The van der Waals surface area contributed by atoms with Crippen molar-refractivity contribution in [2.75, 3.05) is 17.6 Å². The number of ether oxygens (including phenoxy) is 1. The first kappa shape index (κ1) is 15.1. The monoisotopic (exact) mass is 310 g/mol. The van der Waals surface area contributed by atoms with E-state index in [2.05, 4.69) is 4.72 Å². The van der Waals surface area contributed by atoms with Crippen molar-refractivity contribution >= 4 is 21.4 Å². The summed E-state index contributed by atoms with van der Waals surface area (Å²) in [6.07, 6.45) is 0. The molecule has 112 valence electrons. The van der Waals surface area contributed by atoms with Gasteiger partial charge in [-0.2, -0.15) is 0 Å². The molecule has 0 spiro atoms. The summed E-state index contributed by atoms with van der Waals surface area (Å²) in [6, 6.07) is 8.09. The van der Waals surface area contributed by atoms with Crippen LogP contribution in [0.2, 0.25) is 0 Å². The minimum atomic E-state index is -3.96. The van der Waals surface area contributed by atoms with Crippen LogP contribution in [0.4, 0.5) is 15.8 Å². The molecule has 0 fully saturated rings. The van der Waals surface area contributed by atoms with Gasteiger partial charge in [0.25, 0.3) is 10.0 Å². The maximum absolute atomic E-state index is 13.2. The molecule has 2 aromatic carbocycles. The van der Waals surface area contributed by atoms with E-state index in [1.54, 1.807) is 25.1 Å². The molecule has 0 saturated carbocycles. The fraction of sp³-hybridized carbons (Fsp3) is 0.143. The third-order valence-electron chi connectivity index (χ3n) is 2.94. The van der Waals surface area contributed by atoms with Crippen LogP contribution >= 0.6 is 0 Å². The number of rotatable bonds is 4. The van der Waals surface area contributed by atoms with Gasteiger partial charge in [-0.15, -0.1) is 0 Å². The Balaban J connectivity index is 2.40. The third kappa shape index (κ3) is 3.25. The lowest BCUT2D eigenvalue weighted by Gasteiger charge is -2.13. The molecule has 0 bridgehead atoms. The van der Waals surface area contributed by atoms with Crippen molar-refractivity contribution in [3.63, 3.8) is 0 Å². The lowest BCUT2D eigenvalue weighted by Crippen LogP contribution is -2.15. The number of benzene rings is 2. The van der Waals surface area contributed by atoms with E-state index in [1.165, 1.54) is 13.2 Å². The highest BCUT2D eigenvalue weighted by molar-refractivity contribution is 7.92. The van der Waals surface area contributed by atoms with Gasteiger partial charge in [0, 0.05) is 0 Å². The number of nitrogens with two attached hydrogens (primary N) is 1. The molecule has 0 aliphatic heterocycles. The number of nitrogen functional groups attached to an aromatic ring is 1. The topological polar surface area (TPSA) is 81.4 Å². The van der Waals surface area contributed by atoms with Gasteiger partial charge in [-0.3, -0.25) is 4.72 Å². The van der Waals surface area contributed by atoms with Crippen molar-refractivity contribution in [3.8, 4) is 5.75 Å².